The van der Waals surface area contributed by atoms with Gasteiger partial charge in [0.15, 0.2) is 11.6 Å². The fourth-order valence-corrected chi connectivity index (χ4v) is 2.12. The number of nitrogens with one attached hydrogen (secondary N) is 1. The number of ether oxygens (including phenoxy) is 1. The Kier molecular flexibility index (Phi) is 2.98. The monoisotopic (exact) mass is 285 g/mol. The summed E-state index contributed by atoms with van der Waals surface area (Å²) in [6, 6.07) is 0. The van der Waals surface area contributed by atoms with Gasteiger partial charge in [-0.25, -0.2) is 9.67 Å². The molecule has 0 saturated heterocycles. The lowest BCUT2D eigenvalue weighted by Crippen LogP contribution is -2.09. The van der Waals surface area contributed by atoms with Gasteiger partial charge in [0.2, 0.25) is 5.78 Å². The van der Waals surface area contributed by atoms with Crippen molar-refractivity contribution in [1.29, 1.82) is 0 Å². The number of carbonyl (C=O) groups is 2. The standard InChI is InChI=1S/C13H11N5O3/c1-7(19)12(20)8-5-14-11-10(8)9(21-2)6-15-13(11)18-4-3-16-17-18/h3-6,14H,1-2H3. The van der Waals surface area contributed by atoms with Crippen molar-refractivity contribution in [3.05, 3.63) is 30.4 Å². The minimum absolute atomic E-state index is 0.248. The smallest absolute Gasteiger partial charge is 0.230 e. The minimum Gasteiger partial charge on any atom is -0.494 e. The number of Topliss-reactive ketones (excluding diaryl/α,β-unsaturated/α-hetero) is 2. The fourth-order valence-electron chi connectivity index (χ4n) is 2.12. The van der Waals surface area contributed by atoms with Gasteiger partial charge in [0.25, 0.3) is 0 Å². The Hall–Kier alpha value is -3.03. The zero-order valence-electron chi connectivity index (χ0n) is 11.3. The molecule has 0 saturated carbocycles. The summed E-state index contributed by atoms with van der Waals surface area (Å²) < 4.78 is 6.70. The first-order chi connectivity index (χ1) is 10.1. The number of ketones is 2. The van der Waals surface area contributed by atoms with Gasteiger partial charge in [0, 0.05) is 13.1 Å². The highest BCUT2D eigenvalue weighted by Gasteiger charge is 2.22. The molecule has 106 valence electrons. The van der Waals surface area contributed by atoms with Crippen LogP contribution in [0.1, 0.15) is 17.3 Å². The van der Waals surface area contributed by atoms with Crippen LogP contribution in [0.4, 0.5) is 0 Å². The Bertz CT molecular complexity index is 835. The average molecular weight is 285 g/mol. The van der Waals surface area contributed by atoms with E-state index in [0.29, 0.717) is 22.5 Å². The van der Waals surface area contributed by atoms with E-state index in [1.165, 1.54) is 37.3 Å². The Balaban J connectivity index is 2.32. The highest BCUT2D eigenvalue weighted by Crippen LogP contribution is 2.31. The van der Waals surface area contributed by atoms with Gasteiger partial charge in [-0.05, 0) is 0 Å². The molecule has 0 bridgehead atoms. The second-order valence-corrected chi connectivity index (χ2v) is 4.34. The number of aromatic nitrogens is 5. The maximum Gasteiger partial charge on any atom is 0.230 e. The Labute approximate surface area is 118 Å². The Morgan fingerprint density at radius 2 is 2.19 bits per heavy atom. The van der Waals surface area contributed by atoms with Crippen LogP contribution in [-0.4, -0.2) is 43.6 Å². The van der Waals surface area contributed by atoms with Crippen LogP contribution in [0.2, 0.25) is 0 Å². The summed E-state index contributed by atoms with van der Waals surface area (Å²) in [6.45, 7) is 1.23. The van der Waals surface area contributed by atoms with Crippen molar-refractivity contribution in [3.8, 4) is 11.6 Å². The quantitative estimate of drug-likeness (QED) is 0.565. The molecule has 1 N–H and O–H groups in total. The third-order valence-corrected chi connectivity index (χ3v) is 3.08. The van der Waals surface area contributed by atoms with Crippen molar-refractivity contribution < 1.29 is 14.3 Å². The van der Waals surface area contributed by atoms with Gasteiger partial charge in [0.05, 0.1) is 42.2 Å². The highest BCUT2D eigenvalue weighted by atomic mass is 16.5. The molecule has 8 nitrogen and oxygen atoms in total. The van der Waals surface area contributed by atoms with Gasteiger partial charge in [0.1, 0.15) is 5.75 Å². The van der Waals surface area contributed by atoms with E-state index in [1.807, 2.05) is 0 Å². The van der Waals surface area contributed by atoms with Crippen LogP contribution >= 0.6 is 0 Å². The predicted octanol–water partition coefficient (Wildman–Crippen LogP) is 0.924. The molecule has 0 aliphatic heterocycles. The number of H-pyrrole nitrogens is 1. The van der Waals surface area contributed by atoms with Crippen molar-refractivity contribution >= 4 is 22.5 Å². The number of nitrogens with zero attached hydrogens (tertiary/aromatic N) is 4. The summed E-state index contributed by atoms with van der Waals surface area (Å²) in [4.78, 5) is 30.6. The lowest BCUT2D eigenvalue weighted by Gasteiger charge is -2.06. The van der Waals surface area contributed by atoms with E-state index in [-0.39, 0.29) is 5.56 Å². The van der Waals surface area contributed by atoms with Crippen LogP contribution in [0, 0.1) is 0 Å². The van der Waals surface area contributed by atoms with E-state index in [0.717, 1.165) is 0 Å². The largest absolute Gasteiger partial charge is 0.494 e. The minimum atomic E-state index is -0.588. The van der Waals surface area contributed by atoms with Crippen LogP contribution in [0.15, 0.2) is 24.8 Å². The van der Waals surface area contributed by atoms with E-state index < -0.39 is 11.6 Å². The maximum atomic E-state index is 12.0. The molecule has 0 atom stereocenters. The molecule has 0 unspecified atom stereocenters. The lowest BCUT2D eigenvalue weighted by atomic mass is 10.1. The third kappa shape index (κ3) is 1.97. The highest BCUT2D eigenvalue weighted by molar-refractivity contribution is 6.45. The molecule has 3 aromatic heterocycles. The van der Waals surface area contributed by atoms with E-state index in [1.54, 1.807) is 6.20 Å². The molecule has 0 radical (unpaired) electrons. The molecular formula is C13H11N5O3. The number of rotatable bonds is 4. The van der Waals surface area contributed by atoms with E-state index in [2.05, 4.69) is 20.3 Å². The summed E-state index contributed by atoms with van der Waals surface area (Å²) in [5.74, 6) is -0.266. The lowest BCUT2D eigenvalue weighted by molar-refractivity contribution is -0.113. The van der Waals surface area contributed by atoms with Crippen LogP contribution in [0.5, 0.6) is 5.75 Å². The number of methoxy groups -OCH3 is 1. The molecular weight excluding hydrogens is 274 g/mol. The molecule has 0 fully saturated rings. The van der Waals surface area contributed by atoms with Crippen LogP contribution in [0.3, 0.4) is 0 Å². The predicted molar refractivity (Wildman–Crippen MR) is 72.6 cm³/mol. The van der Waals surface area contributed by atoms with E-state index in [4.69, 9.17) is 4.74 Å². The first-order valence-electron chi connectivity index (χ1n) is 6.09. The van der Waals surface area contributed by atoms with Crippen LogP contribution < -0.4 is 4.74 Å². The number of aromatic amines is 1. The summed E-state index contributed by atoms with van der Waals surface area (Å²) in [5, 5.41) is 8.10. The SMILES string of the molecule is COc1cnc(-n2ccnn2)c2[nH]cc(C(=O)C(C)=O)c12. The zero-order chi connectivity index (χ0) is 15.0. The zero-order valence-corrected chi connectivity index (χ0v) is 11.3. The van der Waals surface area contributed by atoms with Gasteiger partial charge >= 0.3 is 0 Å². The number of pyridine rings is 1. The number of carbonyl (C=O) groups excluding carboxylic acids is 2. The average Bonchev–Trinajstić information content (AvgIpc) is 3.14. The molecule has 3 heterocycles. The molecule has 3 aromatic rings. The van der Waals surface area contributed by atoms with Crippen molar-refractivity contribution in [2.24, 2.45) is 0 Å². The van der Waals surface area contributed by atoms with Gasteiger partial charge in [-0.2, -0.15) is 0 Å². The Morgan fingerprint density at radius 1 is 1.38 bits per heavy atom. The molecule has 0 aliphatic rings. The third-order valence-electron chi connectivity index (χ3n) is 3.08. The molecule has 8 heteroatoms. The topological polar surface area (TPSA) is 103 Å². The summed E-state index contributed by atoms with van der Waals surface area (Å²) >= 11 is 0. The second-order valence-electron chi connectivity index (χ2n) is 4.34. The van der Waals surface area contributed by atoms with Crippen molar-refractivity contribution in [2.45, 2.75) is 6.92 Å². The van der Waals surface area contributed by atoms with Crippen LogP contribution in [0.25, 0.3) is 16.7 Å². The molecule has 0 spiro atoms. The summed E-state index contributed by atoms with van der Waals surface area (Å²) in [5.41, 5.74) is 0.794. The summed E-state index contributed by atoms with van der Waals surface area (Å²) in [7, 11) is 1.47. The second kappa shape index (κ2) is 4.82. The first-order valence-corrected chi connectivity index (χ1v) is 6.09. The first kappa shape index (κ1) is 13.0. The molecule has 21 heavy (non-hydrogen) atoms. The number of fused-ring (bicyclic) bond motifs is 1. The van der Waals surface area contributed by atoms with E-state index in [9.17, 15) is 9.59 Å². The van der Waals surface area contributed by atoms with Crippen molar-refractivity contribution in [3.63, 3.8) is 0 Å². The molecule has 0 amide bonds. The molecule has 0 aromatic carbocycles. The summed E-state index contributed by atoms with van der Waals surface area (Å²) in [6.07, 6.45) is 6.09. The van der Waals surface area contributed by atoms with Gasteiger partial charge in [-0.3, -0.25) is 9.59 Å². The number of hydrogen-bond acceptors (Lipinski definition) is 6. The van der Waals surface area contributed by atoms with Crippen LogP contribution in [-0.2, 0) is 4.79 Å². The normalized spacial score (nSPS) is 10.8. The molecule has 3 rings (SSSR count). The van der Waals surface area contributed by atoms with Gasteiger partial charge in [-0.15, -0.1) is 5.10 Å². The maximum absolute atomic E-state index is 12.0. The van der Waals surface area contributed by atoms with Crippen molar-refractivity contribution in [2.75, 3.05) is 7.11 Å². The van der Waals surface area contributed by atoms with Gasteiger partial charge in [-0.1, -0.05) is 5.21 Å². The van der Waals surface area contributed by atoms with E-state index >= 15 is 0 Å². The van der Waals surface area contributed by atoms with Crippen molar-refractivity contribution in [1.82, 2.24) is 25.0 Å². The molecule has 0 aliphatic carbocycles. The number of hydrogen-bond donors (Lipinski definition) is 1. The fraction of sp³-hybridized carbons (Fsp3) is 0.154. The van der Waals surface area contributed by atoms with Gasteiger partial charge < -0.3 is 9.72 Å². The Morgan fingerprint density at radius 3 is 2.81 bits per heavy atom.